The summed E-state index contributed by atoms with van der Waals surface area (Å²) >= 11 is 0. The first-order valence-corrected chi connectivity index (χ1v) is 8.00. The molecule has 134 valence electrons. The van der Waals surface area contributed by atoms with Crippen molar-refractivity contribution in [2.24, 2.45) is 0 Å². The largest absolute Gasteiger partial charge is 0.508 e. The molecule has 0 aliphatic rings. The van der Waals surface area contributed by atoms with E-state index in [4.69, 9.17) is 10.1 Å². The molecule has 0 amide bonds. The van der Waals surface area contributed by atoms with Crippen LogP contribution in [0.2, 0.25) is 0 Å². The number of nitrogens with one attached hydrogen (secondary N) is 1. The number of benzene rings is 1. The summed E-state index contributed by atoms with van der Waals surface area (Å²) in [7, 11) is 0. The molecule has 0 bridgehead atoms. The third-order valence-electron chi connectivity index (χ3n) is 3.73. The molecule has 0 radical (unpaired) electrons. The summed E-state index contributed by atoms with van der Waals surface area (Å²) in [6.45, 7) is 3.83. The lowest BCUT2D eigenvalue weighted by molar-refractivity contribution is -0.113. The van der Waals surface area contributed by atoms with E-state index in [0.717, 1.165) is 11.3 Å². The van der Waals surface area contributed by atoms with Crippen LogP contribution in [0.15, 0.2) is 53.8 Å². The highest BCUT2D eigenvalue weighted by molar-refractivity contribution is 6.19. The number of allylic oxidation sites excluding steroid dienone is 1. The number of aliphatic hydroxyl groups excluding tert-OH is 1. The standard InChI is InChI=1S/C20H20N2O4/c1-12(21)19(14(3)23)18(24)11-26-20(25)16-9-10-17(22-13(16)2)15-7-5-4-6-8-15/h4-10,21,24H,11H2,1-3H3/b19-18-,21-12?. The number of ketones is 1. The van der Waals surface area contributed by atoms with Crippen LogP contribution < -0.4 is 0 Å². The Morgan fingerprint density at radius 1 is 1.12 bits per heavy atom. The molecular formula is C20H20N2O4. The number of aryl methyl sites for hydroxylation is 1. The Hall–Kier alpha value is -3.28. The van der Waals surface area contributed by atoms with Crippen LogP contribution in [0, 0.1) is 12.3 Å². The summed E-state index contributed by atoms with van der Waals surface area (Å²) in [5.41, 5.74) is 2.20. The van der Waals surface area contributed by atoms with Gasteiger partial charge >= 0.3 is 5.97 Å². The third kappa shape index (κ3) is 4.42. The molecule has 1 heterocycles. The average molecular weight is 352 g/mol. The molecule has 0 unspecified atom stereocenters. The number of aliphatic hydroxyl groups is 1. The van der Waals surface area contributed by atoms with Crippen LogP contribution in [0.25, 0.3) is 11.3 Å². The normalized spacial score (nSPS) is 11.5. The van der Waals surface area contributed by atoms with Crippen molar-refractivity contribution in [3.8, 4) is 11.3 Å². The van der Waals surface area contributed by atoms with Gasteiger partial charge in [0.1, 0.15) is 12.4 Å². The lowest BCUT2D eigenvalue weighted by Gasteiger charge is -2.10. The van der Waals surface area contributed by atoms with E-state index in [-0.39, 0.29) is 16.8 Å². The number of hydrogen-bond acceptors (Lipinski definition) is 6. The van der Waals surface area contributed by atoms with Crippen molar-refractivity contribution in [3.05, 3.63) is 65.1 Å². The van der Waals surface area contributed by atoms with Gasteiger partial charge < -0.3 is 15.3 Å². The first kappa shape index (κ1) is 19.1. The number of rotatable bonds is 6. The summed E-state index contributed by atoms with van der Waals surface area (Å²) in [4.78, 5) is 28.1. The molecule has 6 nitrogen and oxygen atoms in total. The zero-order chi connectivity index (χ0) is 19.3. The van der Waals surface area contributed by atoms with Gasteiger partial charge in [0.25, 0.3) is 0 Å². The molecule has 0 fully saturated rings. The van der Waals surface area contributed by atoms with Gasteiger partial charge in [0.2, 0.25) is 0 Å². The smallest absolute Gasteiger partial charge is 0.340 e. The van der Waals surface area contributed by atoms with Gasteiger partial charge in [0, 0.05) is 11.3 Å². The van der Waals surface area contributed by atoms with Gasteiger partial charge in [-0.15, -0.1) is 0 Å². The average Bonchev–Trinajstić information content (AvgIpc) is 2.59. The summed E-state index contributed by atoms with van der Waals surface area (Å²) in [5.74, 6) is -1.56. The van der Waals surface area contributed by atoms with Crippen LogP contribution in [0.3, 0.4) is 0 Å². The highest BCUT2D eigenvalue weighted by atomic mass is 16.5. The van der Waals surface area contributed by atoms with Gasteiger partial charge in [-0.25, -0.2) is 4.79 Å². The zero-order valence-corrected chi connectivity index (χ0v) is 14.9. The minimum atomic E-state index is -0.660. The Morgan fingerprint density at radius 3 is 2.31 bits per heavy atom. The van der Waals surface area contributed by atoms with Gasteiger partial charge in [-0.05, 0) is 32.9 Å². The summed E-state index contributed by atoms with van der Waals surface area (Å²) in [6.07, 6.45) is 0. The van der Waals surface area contributed by atoms with Gasteiger partial charge in [0.15, 0.2) is 5.78 Å². The number of ether oxygens (including phenoxy) is 1. The second-order valence-corrected chi connectivity index (χ2v) is 5.77. The molecule has 2 aromatic rings. The SMILES string of the molecule is CC(=N)/C(C(C)=O)=C(/O)COC(=O)c1ccc(-c2ccccc2)nc1C. The molecule has 0 atom stereocenters. The number of carbonyl (C=O) groups is 2. The molecule has 2 rings (SSSR count). The van der Waals surface area contributed by atoms with Crippen LogP contribution in [0.4, 0.5) is 0 Å². The van der Waals surface area contributed by atoms with E-state index in [1.807, 2.05) is 30.3 Å². The summed E-state index contributed by atoms with van der Waals surface area (Å²) < 4.78 is 5.06. The number of hydrogen-bond donors (Lipinski definition) is 2. The predicted octanol–water partition coefficient (Wildman–Crippen LogP) is 3.65. The van der Waals surface area contributed by atoms with Crippen molar-refractivity contribution in [2.75, 3.05) is 6.61 Å². The van der Waals surface area contributed by atoms with E-state index in [1.165, 1.54) is 13.8 Å². The van der Waals surface area contributed by atoms with Gasteiger partial charge in [-0.1, -0.05) is 30.3 Å². The number of esters is 1. The number of nitrogens with zero attached hydrogens (tertiary/aromatic N) is 1. The van der Waals surface area contributed by atoms with E-state index in [1.54, 1.807) is 19.1 Å². The first-order chi connectivity index (χ1) is 12.3. The fraction of sp³-hybridized carbons (Fsp3) is 0.200. The van der Waals surface area contributed by atoms with Crippen LogP contribution >= 0.6 is 0 Å². The van der Waals surface area contributed by atoms with Crippen molar-refractivity contribution in [1.82, 2.24) is 4.98 Å². The van der Waals surface area contributed by atoms with E-state index in [2.05, 4.69) is 4.98 Å². The number of Topliss-reactive ketones (excluding diaryl/α,β-unsaturated/α-hetero) is 1. The molecule has 0 aliphatic carbocycles. The van der Waals surface area contributed by atoms with Crippen molar-refractivity contribution >= 4 is 17.5 Å². The quantitative estimate of drug-likeness (QED) is 0.358. The molecule has 0 aliphatic heterocycles. The molecule has 1 aromatic carbocycles. The Kier molecular flexibility index (Phi) is 6.01. The molecular weight excluding hydrogens is 332 g/mol. The van der Waals surface area contributed by atoms with Crippen LogP contribution in [-0.4, -0.2) is 34.2 Å². The van der Waals surface area contributed by atoms with Crippen LogP contribution in [0.5, 0.6) is 0 Å². The zero-order valence-electron chi connectivity index (χ0n) is 14.9. The van der Waals surface area contributed by atoms with Crippen molar-refractivity contribution in [3.63, 3.8) is 0 Å². The summed E-state index contributed by atoms with van der Waals surface area (Å²) in [6, 6.07) is 12.9. The minimum absolute atomic E-state index is 0.0869. The second kappa shape index (κ2) is 8.20. The van der Waals surface area contributed by atoms with E-state index in [0.29, 0.717) is 5.69 Å². The topological polar surface area (TPSA) is 100 Å². The van der Waals surface area contributed by atoms with Crippen molar-refractivity contribution in [2.45, 2.75) is 20.8 Å². The number of pyridine rings is 1. The molecule has 26 heavy (non-hydrogen) atoms. The molecule has 1 aromatic heterocycles. The Labute approximate surface area is 151 Å². The van der Waals surface area contributed by atoms with Gasteiger partial charge in [0.05, 0.1) is 22.5 Å². The number of aromatic nitrogens is 1. The van der Waals surface area contributed by atoms with Gasteiger partial charge in [-0.2, -0.15) is 0 Å². The summed E-state index contributed by atoms with van der Waals surface area (Å²) in [5, 5.41) is 17.4. The Bertz CT molecular complexity index is 870. The van der Waals surface area contributed by atoms with Crippen molar-refractivity contribution < 1.29 is 19.4 Å². The van der Waals surface area contributed by atoms with Crippen LogP contribution in [0.1, 0.15) is 29.9 Å². The van der Waals surface area contributed by atoms with E-state index >= 15 is 0 Å². The Balaban J connectivity index is 2.17. The lowest BCUT2D eigenvalue weighted by Crippen LogP contribution is -2.15. The molecule has 6 heteroatoms. The maximum atomic E-state index is 12.2. The van der Waals surface area contributed by atoms with Gasteiger partial charge in [-0.3, -0.25) is 9.78 Å². The van der Waals surface area contributed by atoms with E-state index in [9.17, 15) is 14.7 Å². The molecule has 0 saturated carbocycles. The second-order valence-electron chi connectivity index (χ2n) is 5.77. The maximum absolute atomic E-state index is 12.2. The maximum Gasteiger partial charge on any atom is 0.340 e. The highest BCUT2D eigenvalue weighted by Crippen LogP contribution is 2.19. The molecule has 0 spiro atoms. The highest BCUT2D eigenvalue weighted by Gasteiger charge is 2.17. The molecule has 0 saturated heterocycles. The van der Waals surface area contributed by atoms with Crippen molar-refractivity contribution in [1.29, 1.82) is 5.41 Å². The predicted molar refractivity (Wildman–Crippen MR) is 98.4 cm³/mol. The molecule has 2 N–H and O–H groups in total. The Morgan fingerprint density at radius 2 is 1.77 bits per heavy atom. The fourth-order valence-corrected chi connectivity index (χ4v) is 2.51. The monoisotopic (exact) mass is 352 g/mol. The number of carbonyl (C=O) groups excluding carboxylic acids is 2. The van der Waals surface area contributed by atoms with Crippen LogP contribution in [-0.2, 0) is 9.53 Å². The first-order valence-electron chi connectivity index (χ1n) is 8.00. The lowest BCUT2D eigenvalue weighted by atomic mass is 10.1. The third-order valence-corrected chi connectivity index (χ3v) is 3.73. The van der Waals surface area contributed by atoms with E-state index < -0.39 is 24.1 Å². The minimum Gasteiger partial charge on any atom is -0.508 e. The fourth-order valence-electron chi connectivity index (χ4n) is 2.51.